The second kappa shape index (κ2) is 8.89. The molecule has 0 aliphatic heterocycles. The van der Waals surface area contributed by atoms with Gasteiger partial charge in [-0.05, 0) is 69.6 Å². The summed E-state index contributed by atoms with van der Waals surface area (Å²) >= 11 is 12.4. The fraction of sp³-hybridized carbons (Fsp3) is 0.350. The van der Waals surface area contributed by atoms with Gasteiger partial charge in [0.1, 0.15) is 0 Å². The van der Waals surface area contributed by atoms with E-state index in [0.717, 1.165) is 6.26 Å². The molecule has 0 radical (unpaired) electrons. The molecular formula is C20H24BCl2NO5S. The third-order valence-corrected chi connectivity index (χ3v) is 6.77. The third-order valence-electron chi connectivity index (χ3n) is 4.98. The summed E-state index contributed by atoms with van der Waals surface area (Å²) in [5, 5.41) is 13.4. The predicted molar refractivity (Wildman–Crippen MR) is 122 cm³/mol. The maximum Gasteiger partial charge on any atom is 0.311 e. The highest BCUT2D eigenvalue weighted by molar-refractivity contribution is 7.90. The lowest BCUT2D eigenvalue weighted by atomic mass is 9.82. The van der Waals surface area contributed by atoms with Crippen molar-refractivity contribution in [3.8, 4) is 0 Å². The number of aliphatic hydroxyl groups is 1. The van der Waals surface area contributed by atoms with Crippen LogP contribution in [-0.2, 0) is 14.5 Å². The van der Waals surface area contributed by atoms with Crippen LogP contribution >= 0.6 is 23.2 Å². The first-order valence-corrected chi connectivity index (χ1v) is 11.7. The van der Waals surface area contributed by atoms with E-state index in [1.54, 1.807) is 45.9 Å². The van der Waals surface area contributed by atoms with E-state index in [1.807, 2.05) is 0 Å². The van der Waals surface area contributed by atoms with Crippen LogP contribution in [-0.4, -0.2) is 44.4 Å². The summed E-state index contributed by atoms with van der Waals surface area (Å²) < 4.78 is 29.1. The van der Waals surface area contributed by atoms with Crippen molar-refractivity contribution in [3.63, 3.8) is 0 Å². The number of hydrogen-bond donors (Lipinski definition) is 2. The highest BCUT2D eigenvalue weighted by Gasteiger charge is 2.35. The quantitative estimate of drug-likeness (QED) is 0.605. The predicted octanol–water partition coefficient (Wildman–Crippen LogP) is 3.19. The van der Waals surface area contributed by atoms with Gasteiger partial charge in [0.2, 0.25) is 0 Å². The van der Waals surface area contributed by atoms with E-state index >= 15 is 0 Å². The van der Waals surface area contributed by atoms with Gasteiger partial charge in [-0.25, -0.2) is 8.42 Å². The van der Waals surface area contributed by atoms with E-state index in [1.165, 1.54) is 18.2 Å². The van der Waals surface area contributed by atoms with Crippen molar-refractivity contribution in [2.75, 3.05) is 11.6 Å². The summed E-state index contributed by atoms with van der Waals surface area (Å²) in [5.74, 6) is -0.494. The van der Waals surface area contributed by atoms with Crippen molar-refractivity contribution in [3.05, 3.63) is 52.0 Å². The maximum absolute atomic E-state index is 12.6. The molecular weight excluding hydrogens is 448 g/mol. The number of carbonyl (C=O) groups excluding carboxylic acids is 1. The number of nitrogens with one attached hydrogen (secondary N) is 1. The van der Waals surface area contributed by atoms with Gasteiger partial charge in [-0.1, -0.05) is 23.2 Å². The molecule has 6 nitrogen and oxygen atoms in total. The maximum atomic E-state index is 12.6. The van der Waals surface area contributed by atoms with Gasteiger partial charge in [-0.15, -0.1) is 0 Å². The van der Waals surface area contributed by atoms with Crippen LogP contribution < -0.4 is 10.8 Å². The Morgan fingerprint density at radius 1 is 1.07 bits per heavy atom. The van der Waals surface area contributed by atoms with Gasteiger partial charge in [0.25, 0.3) is 5.91 Å². The smallest absolute Gasteiger partial charge is 0.311 e. The molecule has 0 saturated carbocycles. The standard InChI is InChI=1S/C20H24BCl2NO5S/c1-19(2,26)20(3,4)29-21-15-10-12(6-9-16(15)22)24-18(25)14-8-7-13(11-17(14)23)30(5,27)28/h6-11,21,26H,1-5H3,(H,24,25). The Bertz CT molecular complexity index is 1070. The van der Waals surface area contributed by atoms with Crippen molar-refractivity contribution in [1.82, 2.24) is 0 Å². The van der Waals surface area contributed by atoms with Crippen LogP contribution in [0.1, 0.15) is 38.1 Å². The van der Waals surface area contributed by atoms with Gasteiger partial charge < -0.3 is 15.1 Å². The molecule has 162 valence electrons. The number of hydrogen-bond acceptors (Lipinski definition) is 5. The average molecular weight is 472 g/mol. The van der Waals surface area contributed by atoms with Gasteiger partial charge in [-0.2, -0.15) is 0 Å². The molecule has 1 amide bonds. The molecule has 0 atom stereocenters. The fourth-order valence-electron chi connectivity index (χ4n) is 2.31. The topological polar surface area (TPSA) is 92.7 Å². The number of carbonyl (C=O) groups is 1. The molecule has 0 unspecified atom stereocenters. The fourth-order valence-corrected chi connectivity index (χ4v) is 3.46. The molecule has 0 heterocycles. The van der Waals surface area contributed by atoms with E-state index in [4.69, 9.17) is 27.9 Å². The third kappa shape index (κ3) is 5.98. The number of benzene rings is 2. The lowest BCUT2D eigenvalue weighted by Gasteiger charge is -2.37. The molecule has 10 heteroatoms. The van der Waals surface area contributed by atoms with Gasteiger partial charge in [0, 0.05) is 17.0 Å². The van der Waals surface area contributed by atoms with E-state index in [0.29, 0.717) is 16.2 Å². The second-order valence-corrected chi connectivity index (χ2v) is 10.9. The molecule has 0 aliphatic carbocycles. The van der Waals surface area contributed by atoms with Crippen LogP contribution in [0.3, 0.4) is 0 Å². The Morgan fingerprint density at radius 2 is 1.70 bits per heavy atom. The largest absolute Gasteiger partial charge is 0.427 e. The zero-order chi connectivity index (χ0) is 22.9. The highest BCUT2D eigenvalue weighted by Crippen LogP contribution is 2.25. The zero-order valence-electron chi connectivity index (χ0n) is 17.4. The number of anilines is 1. The lowest BCUT2D eigenvalue weighted by Crippen LogP contribution is -2.49. The Labute approximate surface area is 187 Å². The van der Waals surface area contributed by atoms with Crippen LogP contribution in [0.5, 0.6) is 0 Å². The van der Waals surface area contributed by atoms with Crippen LogP contribution in [0.15, 0.2) is 41.3 Å². The van der Waals surface area contributed by atoms with Crippen LogP contribution in [0.2, 0.25) is 10.0 Å². The minimum Gasteiger partial charge on any atom is -0.427 e. The SMILES string of the molecule is CC(C)(O)C(C)(C)OBc1cc(NC(=O)c2ccc(S(C)(=O)=O)cc2Cl)ccc1Cl. The van der Waals surface area contributed by atoms with Crippen molar-refractivity contribution >= 4 is 57.6 Å². The van der Waals surface area contributed by atoms with E-state index in [9.17, 15) is 18.3 Å². The first-order chi connectivity index (χ1) is 13.6. The summed E-state index contributed by atoms with van der Waals surface area (Å²) in [6.07, 6.45) is 1.06. The molecule has 0 spiro atoms. The highest BCUT2D eigenvalue weighted by atomic mass is 35.5. The monoisotopic (exact) mass is 471 g/mol. The molecule has 2 aromatic carbocycles. The molecule has 0 aromatic heterocycles. The summed E-state index contributed by atoms with van der Waals surface area (Å²) in [6, 6.07) is 8.85. The zero-order valence-corrected chi connectivity index (χ0v) is 19.7. The van der Waals surface area contributed by atoms with E-state index < -0.39 is 26.9 Å². The van der Waals surface area contributed by atoms with Crippen molar-refractivity contribution in [1.29, 1.82) is 0 Å². The summed E-state index contributed by atoms with van der Waals surface area (Å²) in [5.41, 5.74) is -0.664. The van der Waals surface area contributed by atoms with Crippen LogP contribution in [0.25, 0.3) is 0 Å². The second-order valence-electron chi connectivity index (χ2n) is 8.03. The average Bonchev–Trinajstić information content (AvgIpc) is 2.60. The normalized spacial score (nSPS) is 12.5. The first kappa shape index (κ1) is 24.7. The summed E-state index contributed by atoms with van der Waals surface area (Å²) in [7, 11) is -3.30. The summed E-state index contributed by atoms with van der Waals surface area (Å²) in [4.78, 5) is 12.6. The Balaban J connectivity index is 2.20. The molecule has 2 N–H and O–H groups in total. The van der Waals surface area contributed by atoms with Gasteiger partial charge in [-0.3, -0.25) is 4.79 Å². The Morgan fingerprint density at radius 3 is 2.23 bits per heavy atom. The first-order valence-electron chi connectivity index (χ1n) is 9.07. The molecule has 30 heavy (non-hydrogen) atoms. The van der Waals surface area contributed by atoms with E-state index in [-0.39, 0.29) is 23.0 Å². The van der Waals surface area contributed by atoms with Crippen molar-refractivity contribution in [2.24, 2.45) is 0 Å². The molecule has 0 bridgehead atoms. The molecule has 2 aromatic rings. The number of halogens is 2. The van der Waals surface area contributed by atoms with Gasteiger partial charge in [0.15, 0.2) is 9.84 Å². The van der Waals surface area contributed by atoms with Crippen molar-refractivity contribution < 1.29 is 23.0 Å². The minimum absolute atomic E-state index is 0.0277. The lowest BCUT2D eigenvalue weighted by molar-refractivity contribution is -0.0893. The number of rotatable bonds is 7. The Kier molecular flexibility index (Phi) is 7.31. The Hall–Kier alpha value is -1.58. The van der Waals surface area contributed by atoms with Gasteiger partial charge >= 0.3 is 7.48 Å². The minimum atomic E-state index is -3.43. The summed E-state index contributed by atoms with van der Waals surface area (Å²) in [6.45, 7) is 6.86. The van der Waals surface area contributed by atoms with Crippen molar-refractivity contribution in [2.45, 2.75) is 43.8 Å². The molecule has 2 rings (SSSR count). The van der Waals surface area contributed by atoms with Gasteiger partial charge in [0.05, 0.1) is 26.7 Å². The number of sulfone groups is 1. The number of amides is 1. The van der Waals surface area contributed by atoms with Crippen LogP contribution in [0, 0.1) is 0 Å². The molecule has 0 fully saturated rings. The molecule has 0 aliphatic rings. The van der Waals surface area contributed by atoms with E-state index in [2.05, 4.69) is 5.32 Å². The molecule has 0 saturated heterocycles. The van der Waals surface area contributed by atoms with Crippen LogP contribution in [0.4, 0.5) is 5.69 Å².